The van der Waals surface area contributed by atoms with E-state index in [2.05, 4.69) is 16.8 Å². The Morgan fingerprint density at radius 3 is 2.50 bits per heavy atom. The zero-order valence-electron chi connectivity index (χ0n) is 14.8. The number of nitrogens with zero attached hydrogens (tertiary/aromatic N) is 1. The predicted octanol–water partition coefficient (Wildman–Crippen LogP) is 3.54. The van der Waals surface area contributed by atoms with Gasteiger partial charge in [-0.25, -0.2) is 4.39 Å². The third kappa shape index (κ3) is 4.71. The number of halogens is 1. The number of piperazine rings is 1. The molecule has 1 aromatic carbocycles. The molecule has 0 spiro atoms. The Balaban J connectivity index is 2.25. The van der Waals surface area contributed by atoms with Crippen molar-refractivity contribution < 1.29 is 13.9 Å². The molecule has 134 valence electrons. The van der Waals surface area contributed by atoms with Gasteiger partial charge in [-0.1, -0.05) is 12.5 Å². The third-order valence-electron chi connectivity index (χ3n) is 4.59. The van der Waals surface area contributed by atoms with E-state index >= 15 is 0 Å². The van der Waals surface area contributed by atoms with Crippen molar-refractivity contribution in [1.29, 1.82) is 0 Å². The molecule has 0 aromatic heterocycles. The molecule has 0 bridgehead atoms. The highest BCUT2D eigenvalue weighted by molar-refractivity contribution is 5.44. The standard InChI is InChI=1S/C19H29FN2O2/c1-4-5-6-7-8-17(22-11-9-21-10-12-22)15-13-18(23-2)19(24-3)14-16(15)20/h4,13-14,17,21H,1,5-12H2,2-3H3/t17-/m0/s1. The topological polar surface area (TPSA) is 33.7 Å². The van der Waals surface area contributed by atoms with E-state index in [1.165, 1.54) is 13.2 Å². The smallest absolute Gasteiger partial charge is 0.163 e. The average Bonchev–Trinajstić information content (AvgIpc) is 2.63. The van der Waals surface area contributed by atoms with Gasteiger partial charge in [-0.3, -0.25) is 4.90 Å². The molecule has 1 atom stereocenters. The lowest BCUT2D eigenvalue weighted by molar-refractivity contribution is 0.159. The Labute approximate surface area is 144 Å². The Morgan fingerprint density at radius 1 is 1.21 bits per heavy atom. The Morgan fingerprint density at radius 2 is 1.88 bits per heavy atom. The molecule has 0 aliphatic carbocycles. The summed E-state index contributed by atoms with van der Waals surface area (Å²) >= 11 is 0. The van der Waals surface area contributed by atoms with Crippen molar-refractivity contribution in [3.63, 3.8) is 0 Å². The number of allylic oxidation sites excluding steroid dienone is 1. The van der Waals surface area contributed by atoms with Gasteiger partial charge in [0.1, 0.15) is 5.82 Å². The number of rotatable bonds is 9. The molecule has 0 amide bonds. The molecular formula is C19H29FN2O2. The normalized spacial score (nSPS) is 16.6. The summed E-state index contributed by atoms with van der Waals surface area (Å²) in [5.74, 6) is 0.796. The summed E-state index contributed by atoms with van der Waals surface area (Å²) in [6, 6.07) is 3.30. The van der Waals surface area contributed by atoms with E-state index < -0.39 is 0 Å². The maximum atomic E-state index is 14.7. The van der Waals surface area contributed by atoms with Gasteiger partial charge >= 0.3 is 0 Å². The molecule has 0 radical (unpaired) electrons. The van der Waals surface area contributed by atoms with Crippen molar-refractivity contribution in [2.45, 2.75) is 31.7 Å². The SMILES string of the molecule is C=CCCCC[C@@H](c1cc(OC)c(OC)cc1F)N1CCNCC1. The minimum absolute atomic E-state index is 0.0664. The van der Waals surface area contributed by atoms with Crippen molar-refractivity contribution >= 4 is 0 Å². The molecule has 2 rings (SSSR count). The van der Waals surface area contributed by atoms with Gasteiger partial charge in [-0.2, -0.15) is 0 Å². The molecule has 24 heavy (non-hydrogen) atoms. The van der Waals surface area contributed by atoms with Crippen LogP contribution in [0.5, 0.6) is 11.5 Å². The lowest BCUT2D eigenvalue weighted by Gasteiger charge is -2.35. The highest BCUT2D eigenvalue weighted by Gasteiger charge is 2.26. The number of unbranched alkanes of at least 4 members (excludes halogenated alkanes) is 2. The molecule has 0 unspecified atom stereocenters. The van der Waals surface area contributed by atoms with Crippen molar-refractivity contribution in [2.75, 3.05) is 40.4 Å². The van der Waals surface area contributed by atoms with Gasteiger partial charge in [-0.05, 0) is 25.3 Å². The first kappa shape index (κ1) is 18.7. The molecule has 1 saturated heterocycles. The zero-order valence-corrected chi connectivity index (χ0v) is 14.8. The number of hydrogen-bond acceptors (Lipinski definition) is 4. The second-order valence-corrected chi connectivity index (χ2v) is 6.10. The van der Waals surface area contributed by atoms with E-state index in [1.807, 2.05) is 6.08 Å². The summed E-state index contributed by atoms with van der Waals surface area (Å²) in [5, 5.41) is 3.36. The lowest BCUT2D eigenvalue weighted by atomic mass is 9.97. The minimum atomic E-state index is -0.222. The summed E-state index contributed by atoms with van der Waals surface area (Å²) in [5.41, 5.74) is 0.702. The summed E-state index contributed by atoms with van der Waals surface area (Å²) in [6.45, 7) is 7.52. The number of methoxy groups -OCH3 is 2. The van der Waals surface area contributed by atoms with Gasteiger partial charge in [0.2, 0.25) is 0 Å². The first-order valence-electron chi connectivity index (χ1n) is 8.68. The Kier molecular flexibility index (Phi) is 7.53. The number of ether oxygens (including phenoxy) is 2. The van der Waals surface area contributed by atoms with Crippen LogP contribution in [0, 0.1) is 5.82 Å². The molecule has 1 aliphatic rings. The highest BCUT2D eigenvalue weighted by atomic mass is 19.1. The van der Waals surface area contributed by atoms with Gasteiger partial charge in [0.05, 0.1) is 14.2 Å². The van der Waals surface area contributed by atoms with Crippen molar-refractivity contribution in [1.82, 2.24) is 10.2 Å². The van der Waals surface area contributed by atoms with E-state index in [1.54, 1.807) is 13.2 Å². The molecule has 1 fully saturated rings. The largest absolute Gasteiger partial charge is 0.493 e. The monoisotopic (exact) mass is 336 g/mol. The highest BCUT2D eigenvalue weighted by Crippen LogP contribution is 2.36. The third-order valence-corrected chi connectivity index (χ3v) is 4.59. The van der Waals surface area contributed by atoms with Crippen LogP contribution in [0.3, 0.4) is 0 Å². The molecule has 0 saturated carbocycles. The van der Waals surface area contributed by atoms with Crippen LogP contribution in [-0.4, -0.2) is 45.3 Å². The fourth-order valence-corrected chi connectivity index (χ4v) is 3.28. The first-order valence-corrected chi connectivity index (χ1v) is 8.68. The zero-order chi connectivity index (χ0) is 17.4. The summed E-state index contributed by atoms with van der Waals surface area (Å²) in [7, 11) is 3.11. The van der Waals surface area contributed by atoms with Crippen molar-refractivity contribution in [3.05, 3.63) is 36.2 Å². The van der Waals surface area contributed by atoms with Gasteiger partial charge in [-0.15, -0.1) is 6.58 Å². The van der Waals surface area contributed by atoms with Gasteiger partial charge < -0.3 is 14.8 Å². The van der Waals surface area contributed by atoms with Crippen LogP contribution in [0.2, 0.25) is 0 Å². The fraction of sp³-hybridized carbons (Fsp3) is 0.579. The van der Waals surface area contributed by atoms with Crippen LogP contribution in [-0.2, 0) is 0 Å². The van der Waals surface area contributed by atoms with Gasteiger partial charge in [0.15, 0.2) is 11.5 Å². The van der Waals surface area contributed by atoms with Crippen molar-refractivity contribution in [3.8, 4) is 11.5 Å². The fourth-order valence-electron chi connectivity index (χ4n) is 3.28. The summed E-state index contributed by atoms with van der Waals surface area (Å²) in [6.07, 6.45) is 6.01. The van der Waals surface area contributed by atoms with E-state index in [-0.39, 0.29) is 11.9 Å². The second-order valence-electron chi connectivity index (χ2n) is 6.10. The van der Waals surface area contributed by atoms with E-state index in [4.69, 9.17) is 9.47 Å². The molecule has 1 aliphatic heterocycles. The van der Waals surface area contributed by atoms with Crippen molar-refractivity contribution in [2.24, 2.45) is 0 Å². The van der Waals surface area contributed by atoms with E-state index in [9.17, 15) is 4.39 Å². The van der Waals surface area contributed by atoms with Gasteiger partial charge in [0, 0.05) is 43.9 Å². The average molecular weight is 336 g/mol. The van der Waals surface area contributed by atoms with E-state index in [0.29, 0.717) is 17.1 Å². The second kappa shape index (κ2) is 9.64. The molecular weight excluding hydrogens is 307 g/mol. The van der Waals surface area contributed by atoms with Crippen LogP contribution in [0.1, 0.15) is 37.3 Å². The van der Waals surface area contributed by atoms with Crippen LogP contribution in [0.4, 0.5) is 4.39 Å². The van der Waals surface area contributed by atoms with Crippen LogP contribution in [0.25, 0.3) is 0 Å². The first-order chi connectivity index (χ1) is 11.7. The van der Waals surface area contributed by atoms with Crippen LogP contribution >= 0.6 is 0 Å². The quantitative estimate of drug-likeness (QED) is 0.552. The van der Waals surface area contributed by atoms with Gasteiger partial charge in [0.25, 0.3) is 0 Å². The summed E-state index contributed by atoms with van der Waals surface area (Å²) < 4.78 is 25.3. The minimum Gasteiger partial charge on any atom is -0.493 e. The summed E-state index contributed by atoms with van der Waals surface area (Å²) in [4.78, 5) is 2.37. The van der Waals surface area contributed by atoms with Crippen LogP contribution < -0.4 is 14.8 Å². The molecule has 1 aromatic rings. The Bertz CT molecular complexity index is 530. The number of benzene rings is 1. The Hall–Kier alpha value is -1.59. The maximum absolute atomic E-state index is 14.7. The van der Waals surface area contributed by atoms with E-state index in [0.717, 1.165) is 51.9 Å². The molecule has 1 heterocycles. The molecule has 5 heteroatoms. The molecule has 4 nitrogen and oxygen atoms in total. The maximum Gasteiger partial charge on any atom is 0.163 e. The number of hydrogen-bond donors (Lipinski definition) is 1. The number of nitrogens with one attached hydrogen (secondary N) is 1. The lowest BCUT2D eigenvalue weighted by Crippen LogP contribution is -2.45. The predicted molar refractivity (Wildman–Crippen MR) is 95.4 cm³/mol. The molecule has 1 N–H and O–H groups in total. The van der Waals surface area contributed by atoms with Crippen LogP contribution in [0.15, 0.2) is 24.8 Å².